The maximum absolute atomic E-state index is 10.6. The fourth-order valence-corrected chi connectivity index (χ4v) is 1.60. The molecule has 2 atom stereocenters. The first-order valence-electron chi connectivity index (χ1n) is 5.07. The number of carboxylic acids is 1. The van der Waals surface area contributed by atoms with Crippen LogP contribution in [-0.4, -0.2) is 23.7 Å². The first kappa shape index (κ1) is 10.5. The maximum atomic E-state index is 10.6. The fraction of sp³-hybridized carbons (Fsp3) is 0.900. The van der Waals surface area contributed by atoms with Gasteiger partial charge in [0, 0.05) is 6.04 Å². The van der Waals surface area contributed by atoms with Crippen molar-refractivity contribution in [1.29, 1.82) is 0 Å². The molecule has 0 aromatic carbocycles. The molecule has 2 N–H and O–H groups in total. The minimum Gasteiger partial charge on any atom is -0.481 e. The second kappa shape index (κ2) is 4.61. The van der Waals surface area contributed by atoms with E-state index in [1.807, 2.05) is 0 Å². The van der Waals surface area contributed by atoms with Gasteiger partial charge < -0.3 is 10.4 Å². The van der Waals surface area contributed by atoms with E-state index in [-0.39, 0.29) is 12.0 Å². The van der Waals surface area contributed by atoms with E-state index < -0.39 is 5.97 Å². The highest BCUT2D eigenvalue weighted by atomic mass is 16.4. The molecule has 3 heteroatoms. The van der Waals surface area contributed by atoms with Crippen LogP contribution in [0.15, 0.2) is 0 Å². The molecule has 1 rings (SSSR count). The van der Waals surface area contributed by atoms with Gasteiger partial charge in [-0.15, -0.1) is 0 Å². The van der Waals surface area contributed by atoms with E-state index in [4.69, 9.17) is 5.11 Å². The summed E-state index contributed by atoms with van der Waals surface area (Å²) in [6.07, 6.45) is 2.99. The lowest BCUT2D eigenvalue weighted by Crippen LogP contribution is -2.48. The molecule has 0 aromatic rings. The molecule has 2 unspecified atom stereocenters. The van der Waals surface area contributed by atoms with E-state index in [1.165, 1.54) is 0 Å². The van der Waals surface area contributed by atoms with Crippen LogP contribution in [0.4, 0.5) is 0 Å². The number of carboxylic acid groups (broad SMARTS) is 1. The van der Waals surface area contributed by atoms with Gasteiger partial charge in [-0.25, -0.2) is 0 Å². The van der Waals surface area contributed by atoms with Crippen molar-refractivity contribution in [1.82, 2.24) is 5.32 Å². The van der Waals surface area contributed by atoms with Crippen LogP contribution in [0.1, 0.15) is 33.1 Å². The average molecular weight is 185 g/mol. The lowest BCUT2D eigenvalue weighted by molar-refractivity contribution is -0.146. The number of nitrogens with one attached hydrogen (secondary N) is 1. The zero-order valence-corrected chi connectivity index (χ0v) is 8.42. The van der Waals surface area contributed by atoms with Gasteiger partial charge in [0.15, 0.2) is 0 Å². The van der Waals surface area contributed by atoms with Gasteiger partial charge in [0.25, 0.3) is 0 Å². The molecular weight excluding hydrogens is 166 g/mol. The van der Waals surface area contributed by atoms with Crippen molar-refractivity contribution in [2.24, 2.45) is 11.8 Å². The predicted molar refractivity (Wildman–Crippen MR) is 51.6 cm³/mol. The minimum absolute atomic E-state index is 0.132. The van der Waals surface area contributed by atoms with Gasteiger partial charge in [0.1, 0.15) is 0 Å². The Labute approximate surface area is 79.5 Å². The van der Waals surface area contributed by atoms with Gasteiger partial charge in [-0.2, -0.15) is 0 Å². The highest BCUT2D eigenvalue weighted by Crippen LogP contribution is 2.27. The van der Waals surface area contributed by atoms with Crippen LogP contribution in [0.25, 0.3) is 0 Å². The molecular formula is C10H19NO2. The molecule has 13 heavy (non-hydrogen) atoms. The topological polar surface area (TPSA) is 49.3 Å². The Hall–Kier alpha value is -0.570. The normalized spacial score (nSPS) is 27.3. The smallest absolute Gasteiger partial charge is 0.308 e. The Balaban J connectivity index is 2.12. The number of hydrogen-bond acceptors (Lipinski definition) is 2. The Morgan fingerprint density at radius 1 is 1.54 bits per heavy atom. The Morgan fingerprint density at radius 3 is 2.62 bits per heavy atom. The summed E-state index contributed by atoms with van der Waals surface area (Å²) in [5.74, 6) is -0.0867. The Kier molecular flexibility index (Phi) is 3.72. The lowest BCUT2D eigenvalue weighted by Gasteiger charge is -2.34. The second-order valence-electron chi connectivity index (χ2n) is 4.27. The third kappa shape index (κ3) is 2.99. The number of rotatable bonds is 5. The number of aliphatic carboxylic acids is 1. The Morgan fingerprint density at radius 2 is 2.23 bits per heavy atom. The van der Waals surface area contributed by atoms with Crippen LogP contribution in [-0.2, 0) is 4.79 Å². The van der Waals surface area contributed by atoms with Crippen molar-refractivity contribution in [3.63, 3.8) is 0 Å². The fourth-order valence-electron chi connectivity index (χ4n) is 1.60. The SMILES string of the molecule is CC(C)CCNC1CCC1C(=O)O. The highest BCUT2D eigenvalue weighted by molar-refractivity contribution is 5.72. The van der Waals surface area contributed by atoms with E-state index >= 15 is 0 Å². The van der Waals surface area contributed by atoms with Crippen LogP contribution in [0.5, 0.6) is 0 Å². The molecule has 1 saturated carbocycles. The van der Waals surface area contributed by atoms with Crippen LogP contribution in [0.3, 0.4) is 0 Å². The molecule has 0 bridgehead atoms. The standard InChI is InChI=1S/C10H19NO2/c1-7(2)5-6-11-9-4-3-8(9)10(12)13/h7-9,11H,3-6H2,1-2H3,(H,12,13). The van der Waals surface area contributed by atoms with Crippen LogP contribution < -0.4 is 5.32 Å². The second-order valence-corrected chi connectivity index (χ2v) is 4.27. The molecule has 76 valence electrons. The summed E-state index contributed by atoms with van der Waals surface area (Å²) in [4.78, 5) is 10.6. The maximum Gasteiger partial charge on any atom is 0.308 e. The molecule has 1 aliphatic carbocycles. The van der Waals surface area contributed by atoms with Crippen molar-refractivity contribution in [2.75, 3.05) is 6.54 Å². The number of hydrogen-bond donors (Lipinski definition) is 2. The van der Waals surface area contributed by atoms with Crippen LogP contribution >= 0.6 is 0 Å². The van der Waals surface area contributed by atoms with E-state index in [0.29, 0.717) is 5.92 Å². The summed E-state index contributed by atoms with van der Waals surface area (Å²) < 4.78 is 0. The van der Waals surface area contributed by atoms with E-state index in [0.717, 1.165) is 25.8 Å². The lowest BCUT2D eigenvalue weighted by atomic mass is 9.79. The summed E-state index contributed by atoms with van der Waals surface area (Å²) in [5.41, 5.74) is 0. The first-order chi connectivity index (χ1) is 6.11. The third-order valence-corrected chi connectivity index (χ3v) is 2.72. The molecule has 1 aliphatic rings. The summed E-state index contributed by atoms with van der Waals surface area (Å²) in [7, 11) is 0. The molecule has 0 aromatic heterocycles. The first-order valence-corrected chi connectivity index (χ1v) is 5.07. The quantitative estimate of drug-likeness (QED) is 0.682. The molecule has 3 nitrogen and oxygen atoms in total. The van der Waals surface area contributed by atoms with Gasteiger partial charge in [-0.05, 0) is 31.7 Å². The van der Waals surface area contributed by atoms with Gasteiger partial charge in [-0.3, -0.25) is 4.79 Å². The van der Waals surface area contributed by atoms with Crippen molar-refractivity contribution in [3.05, 3.63) is 0 Å². The van der Waals surface area contributed by atoms with Crippen LogP contribution in [0.2, 0.25) is 0 Å². The molecule has 0 saturated heterocycles. The van der Waals surface area contributed by atoms with E-state index in [9.17, 15) is 4.79 Å². The predicted octanol–water partition coefficient (Wildman–Crippen LogP) is 1.49. The van der Waals surface area contributed by atoms with E-state index in [2.05, 4.69) is 19.2 Å². The molecule has 0 spiro atoms. The minimum atomic E-state index is -0.645. The monoisotopic (exact) mass is 185 g/mol. The third-order valence-electron chi connectivity index (χ3n) is 2.72. The Bertz CT molecular complexity index is 180. The average Bonchev–Trinajstić information content (AvgIpc) is 1.93. The summed E-state index contributed by atoms with van der Waals surface area (Å²) in [6.45, 7) is 5.31. The van der Waals surface area contributed by atoms with Gasteiger partial charge >= 0.3 is 5.97 Å². The number of carbonyl (C=O) groups is 1. The van der Waals surface area contributed by atoms with Gasteiger partial charge in [0.2, 0.25) is 0 Å². The molecule has 0 heterocycles. The molecule has 0 amide bonds. The summed E-state index contributed by atoms with van der Waals surface area (Å²) in [5, 5.41) is 12.1. The van der Waals surface area contributed by atoms with Crippen molar-refractivity contribution in [2.45, 2.75) is 39.2 Å². The van der Waals surface area contributed by atoms with Crippen molar-refractivity contribution >= 4 is 5.97 Å². The van der Waals surface area contributed by atoms with Gasteiger partial charge in [0.05, 0.1) is 5.92 Å². The zero-order chi connectivity index (χ0) is 9.84. The highest BCUT2D eigenvalue weighted by Gasteiger charge is 2.35. The van der Waals surface area contributed by atoms with Gasteiger partial charge in [-0.1, -0.05) is 13.8 Å². The summed E-state index contributed by atoms with van der Waals surface area (Å²) in [6, 6.07) is 0.233. The molecule has 0 aliphatic heterocycles. The molecule has 0 radical (unpaired) electrons. The van der Waals surface area contributed by atoms with Crippen molar-refractivity contribution in [3.8, 4) is 0 Å². The molecule has 1 fully saturated rings. The van der Waals surface area contributed by atoms with Crippen molar-refractivity contribution < 1.29 is 9.90 Å². The van der Waals surface area contributed by atoms with Crippen LogP contribution in [0, 0.1) is 11.8 Å². The zero-order valence-electron chi connectivity index (χ0n) is 8.42. The van der Waals surface area contributed by atoms with E-state index in [1.54, 1.807) is 0 Å². The summed E-state index contributed by atoms with van der Waals surface area (Å²) >= 11 is 0. The largest absolute Gasteiger partial charge is 0.481 e.